The van der Waals surface area contributed by atoms with E-state index in [-0.39, 0.29) is 22.9 Å². The Labute approximate surface area is 211 Å². The molecular weight excluding hydrogens is 492 g/mol. The summed E-state index contributed by atoms with van der Waals surface area (Å²) in [7, 11) is -3.88. The normalized spacial score (nSPS) is 17.5. The van der Waals surface area contributed by atoms with Crippen LogP contribution in [0.1, 0.15) is 33.6 Å². The molecule has 2 aromatic rings. The molecule has 3 rings (SSSR count). The maximum atomic E-state index is 13.1. The lowest BCUT2D eigenvalue weighted by molar-refractivity contribution is -0.131. The van der Waals surface area contributed by atoms with E-state index in [2.05, 4.69) is 28.8 Å². The molecule has 2 aromatic carbocycles. The van der Waals surface area contributed by atoms with E-state index in [4.69, 9.17) is 16.7 Å². The first-order valence-electron chi connectivity index (χ1n) is 11.7. The Balaban J connectivity index is 1.61. The van der Waals surface area contributed by atoms with Crippen molar-refractivity contribution < 1.29 is 23.1 Å². The maximum Gasteiger partial charge on any atom is 0.404 e. The Bertz CT molecular complexity index is 1170. The molecule has 0 aromatic heterocycles. The number of benzene rings is 2. The van der Waals surface area contributed by atoms with E-state index < -0.39 is 22.2 Å². The molecule has 11 heteroatoms. The molecule has 1 heterocycles. The summed E-state index contributed by atoms with van der Waals surface area (Å²) in [6.07, 6.45) is 0.0140. The van der Waals surface area contributed by atoms with Crippen LogP contribution in [0.2, 0.25) is 5.02 Å². The van der Waals surface area contributed by atoms with Gasteiger partial charge in [-0.05, 0) is 68.7 Å². The van der Waals surface area contributed by atoms with E-state index >= 15 is 0 Å². The standard InChI is InChI=1S/C24H33ClN4O5S/c1-16(2)28(11-4-10-26-24(31)32)15-17(3)29-12-9-22(23(29)30)27-35(33,34)21-8-6-18-13-20(25)7-5-19(18)14-21/h5-8,13-14,16-17,22,26-27H,4,9-12,15H2,1-3H3,(H,31,32)/t17-,22-/m0/s1. The average Bonchev–Trinajstić information content (AvgIpc) is 3.14. The van der Waals surface area contributed by atoms with Gasteiger partial charge in [0.2, 0.25) is 15.9 Å². The molecule has 0 unspecified atom stereocenters. The van der Waals surface area contributed by atoms with E-state index in [1.807, 2.05) is 6.92 Å². The van der Waals surface area contributed by atoms with Gasteiger partial charge in [0.1, 0.15) is 6.04 Å². The molecule has 2 atom stereocenters. The summed E-state index contributed by atoms with van der Waals surface area (Å²) in [5.74, 6) is -0.232. The Hall–Kier alpha value is -2.40. The highest BCUT2D eigenvalue weighted by atomic mass is 35.5. The zero-order chi connectivity index (χ0) is 25.8. The van der Waals surface area contributed by atoms with Crippen LogP contribution in [0.3, 0.4) is 0 Å². The first kappa shape index (κ1) is 27.2. The second-order valence-electron chi connectivity index (χ2n) is 9.17. The van der Waals surface area contributed by atoms with E-state index in [1.54, 1.807) is 35.2 Å². The molecule has 2 amide bonds. The molecule has 0 aliphatic carbocycles. The van der Waals surface area contributed by atoms with Crippen LogP contribution in [-0.2, 0) is 14.8 Å². The number of amides is 2. The monoisotopic (exact) mass is 524 g/mol. The van der Waals surface area contributed by atoms with Gasteiger partial charge < -0.3 is 15.3 Å². The zero-order valence-electron chi connectivity index (χ0n) is 20.2. The minimum absolute atomic E-state index is 0.104. The predicted octanol–water partition coefficient (Wildman–Crippen LogP) is 3.13. The fourth-order valence-electron chi connectivity index (χ4n) is 4.34. The summed E-state index contributed by atoms with van der Waals surface area (Å²) in [6.45, 7) is 8.19. The summed E-state index contributed by atoms with van der Waals surface area (Å²) in [4.78, 5) is 27.7. The van der Waals surface area contributed by atoms with Gasteiger partial charge in [-0.3, -0.25) is 9.69 Å². The van der Waals surface area contributed by atoms with Crippen molar-refractivity contribution in [2.75, 3.05) is 26.2 Å². The van der Waals surface area contributed by atoms with Gasteiger partial charge in [0.15, 0.2) is 0 Å². The van der Waals surface area contributed by atoms with E-state index in [0.29, 0.717) is 44.0 Å². The number of rotatable bonds is 11. The fourth-order valence-corrected chi connectivity index (χ4v) is 5.78. The number of likely N-dealkylation sites (tertiary alicyclic amines) is 1. The second kappa shape index (κ2) is 11.6. The van der Waals surface area contributed by atoms with Crippen LogP contribution in [0, 0.1) is 0 Å². The minimum atomic E-state index is -3.88. The highest BCUT2D eigenvalue weighted by Gasteiger charge is 2.37. The Morgan fingerprint density at radius 2 is 1.89 bits per heavy atom. The second-order valence-corrected chi connectivity index (χ2v) is 11.3. The van der Waals surface area contributed by atoms with Crippen LogP contribution >= 0.6 is 11.6 Å². The van der Waals surface area contributed by atoms with Gasteiger partial charge >= 0.3 is 6.09 Å². The van der Waals surface area contributed by atoms with Gasteiger partial charge in [-0.2, -0.15) is 4.72 Å². The number of carbonyl (C=O) groups is 2. The zero-order valence-corrected chi connectivity index (χ0v) is 21.8. The van der Waals surface area contributed by atoms with Crippen molar-refractivity contribution in [3.8, 4) is 0 Å². The van der Waals surface area contributed by atoms with Crippen molar-refractivity contribution in [2.24, 2.45) is 0 Å². The molecule has 1 aliphatic heterocycles. The Morgan fingerprint density at radius 3 is 2.57 bits per heavy atom. The van der Waals surface area contributed by atoms with Crippen molar-refractivity contribution in [2.45, 2.75) is 56.6 Å². The first-order valence-corrected chi connectivity index (χ1v) is 13.6. The molecule has 1 fully saturated rings. The van der Waals surface area contributed by atoms with Crippen molar-refractivity contribution in [1.29, 1.82) is 0 Å². The summed E-state index contributed by atoms with van der Waals surface area (Å²) < 4.78 is 28.6. The molecule has 0 saturated carbocycles. The third kappa shape index (κ3) is 7.07. The van der Waals surface area contributed by atoms with Crippen LogP contribution < -0.4 is 10.0 Å². The number of halogens is 1. The van der Waals surface area contributed by atoms with Crippen LogP contribution in [0.25, 0.3) is 10.8 Å². The highest BCUT2D eigenvalue weighted by molar-refractivity contribution is 7.89. The molecular formula is C24H33ClN4O5S. The van der Waals surface area contributed by atoms with Crippen molar-refractivity contribution in [3.05, 3.63) is 41.4 Å². The minimum Gasteiger partial charge on any atom is -0.465 e. The highest BCUT2D eigenvalue weighted by Crippen LogP contribution is 2.24. The van der Waals surface area contributed by atoms with Gasteiger partial charge in [0.25, 0.3) is 0 Å². The third-order valence-electron chi connectivity index (χ3n) is 6.28. The van der Waals surface area contributed by atoms with Crippen LogP contribution in [-0.4, -0.2) is 79.6 Å². The number of carboxylic acid groups (broad SMARTS) is 1. The van der Waals surface area contributed by atoms with Crippen LogP contribution in [0.15, 0.2) is 41.3 Å². The van der Waals surface area contributed by atoms with Crippen molar-refractivity contribution >= 4 is 44.4 Å². The lowest BCUT2D eigenvalue weighted by atomic mass is 10.1. The Kier molecular flexibility index (Phi) is 8.98. The summed E-state index contributed by atoms with van der Waals surface area (Å²) in [5.41, 5.74) is 0. The maximum absolute atomic E-state index is 13.1. The van der Waals surface area contributed by atoms with E-state index in [0.717, 1.165) is 10.8 Å². The lowest BCUT2D eigenvalue weighted by Gasteiger charge is -2.33. The van der Waals surface area contributed by atoms with Gasteiger partial charge in [0, 0.05) is 43.3 Å². The molecule has 0 radical (unpaired) electrons. The molecule has 3 N–H and O–H groups in total. The van der Waals surface area contributed by atoms with Gasteiger partial charge in [-0.1, -0.05) is 23.7 Å². The summed E-state index contributed by atoms with van der Waals surface area (Å²) in [6, 6.07) is 9.32. The molecule has 0 bridgehead atoms. The SMILES string of the molecule is CC(C)N(CCCNC(=O)O)C[C@H](C)N1CC[C@H](NS(=O)(=O)c2ccc3cc(Cl)ccc3c2)C1=O. The predicted molar refractivity (Wildman–Crippen MR) is 136 cm³/mol. The topological polar surface area (TPSA) is 119 Å². The largest absolute Gasteiger partial charge is 0.465 e. The molecule has 1 saturated heterocycles. The molecule has 9 nitrogen and oxygen atoms in total. The number of hydrogen-bond acceptors (Lipinski definition) is 5. The third-order valence-corrected chi connectivity index (χ3v) is 7.99. The number of fused-ring (bicyclic) bond motifs is 1. The molecule has 192 valence electrons. The van der Waals surface area contributed by atoms with E-state index in [9.17, 15) is 18.0 Å². The van der Waals surface area contributed by atoms with E-state index in [1.165, 1.54) is 6.07 Å². The molecule has 0 spiro atoms. The lowest BCUT2D eigenvalue weighted by Crippen LogP contribution is -2.48. The molecule has 35 heavy (non-hydrogen) atoms. The quantitative estimate of drug-likeness (QED) is 0.389. The van der Waals surface area contributed by atoms with Crippen LogP contribution in [0.4, 0.5) is 4.79 Å². The number of nitrogens with zero attached hydrogens (tertiary/aromatic N) is 2. The first-order chi connectivity index (χ1) is 16.5. The van der Waals surface area contributed by atoms with Gasteiger partial charge in [-0.25, -0.2) is 13.2 Å². The smallest absolute Gasteiger partial charge is 0.404 e. The summed E-state index contributed by atoms with van der Waals surface area (Å²) >= 11 is 6.01. The number of sulfonamides is 1. The molecule has 1 aliphatic rings. The van der Waals surface area contributed by atoms with Crippen LogP contribution in [0.5, 0.6) is 0 Å². The Morgan fingerprint density at radius 1 is 1.20 bits per heavy atom. The number of hydrogen-bond donors (Lipinski definition) is 3. The van der Waals surface area contributed by atoms with Gasteiger partial charge in [-0.15, -0.1) is 0 Å². The average molecular weight is 525 g/mol. The van der Waals surface area contributed by atoms with Gasteiger partial charge in [0.05, 0.1) is 4.90 Å². The van der Waals surface area contributed by atoms with Crippen molar-refractivity contribution in [3.63, 3.8) is 0 Å². The van der Waals surface area contributed by atoms with Crippen molar-refractivity contribution in [1.82, 2.24) is 19.8 Å². The fraction of sp³-hybridized carbons (Fsp3) is 0.500. The summed E-state index contributed by atoms with van der Waals surface area (Å²) in [5, 5.41) is 13.2. The number of nitrogens with one attached hydrogen (secondary N) is 2. The number of carbonyl (C=O) groups excluding carboxylic acids is 1.